The van der Waals surface area contributed by atoms with Gasteiger partial charge in [-0.15, -0.1) is 0 Å². The van der Waals surface area contributed by atoms with Gasteiger partial charge >= 0.3 is 0 Å². The van der Waals surface area contributed by atoms with Crippen LogP contribution in [0.4, 0.5) is 4.39 Å². The summed E-state index contributed by atoms with van der Waals surface area (Å²) < 4.78 is 19.8. The fourth-order valence-electron chi connectivity index (χ4n) is 1.53. The Bertz CT molecular complexity index is 572. The van der Waals surface area contributed by atoms with Crippen molar-refractivity contribution >= 4 is 15.9 Å². The van der Waals surface area contributed by atoms with Crippen molar-refractivity contribution in [3.63, 3.8) is 0 Å². The second kappa shape index (κ2) is 5.50. The van der Waals surface area contributed by atoms with Crippen LogP contribution in [-0.2, 0) is 6.54 Å². The van der Waals surface area contributed by atoms with Crippen LogP contribution >= 0.6 is 15.9 Å². The maximum Gasteiger partial charge on any atom is 0.130 e. The summed E-state index contributed by atoms with van der Waals surface area (Å²) >= 11 is 3.41. The second-order valence-electron chi connectivity index (χ2n) is 3.97. The first kappa shape index (κ1) is 13.1. The van der Waals surface area contributed by atoms with E-state index in [1.807, 2.05) is 18.2 Å². The highest BCUT2D eigenvalue weighted by Gasteiger charge is 2.04. The lowest BCUT2D eigenvalue weighted by atomic mass is 10.2. The standard InChI is InChI=1S/C14H13BrFNO/c1-9-2-4-12(7-14(9)16)18-11-5-3-10(8-17)13(15)6-11/h2-7H,8,17H2,1H3. The summed E-state index contributed by atoms with van der Waals surface area (Å²) in [7, 11) is 0. The van der Waals surface area contributed by atoms with Crippen LogP contribution in [0.5, 0.6) is 11.5 Å². The van der Waals surface area contributed by atoms with Crippen LogP contribution in [0.2, 0.25) is 0 Å². The number of ether oxygens (including phenoxy) is 1. The molecule has 0 amide bonds. The van der Waals surface area contributed by atoms with Crippen LogP contribution in [0.15, 0.2) is 40.9 Å². The monoisotopic (exact) mass is 309 g/mol. The van der Waals surface area contributed by atoms with Gasteiger partial charge in [0.25, 0.3) is 0 Å². The molecule has 0 aromatic heterocycles. The summed E-state index contributed by atoms with van der Waals surface area (Å²) in [6.45, 7) is 2.17. The second-order valence-corrected chi connectivity index (χ2v) is 4.82. The third-order valence-corrected chi connectivity index (χ3v) is 3.36. The summed E-state index contributed by atoms with van der Waals surface area (Å²) in [6.07, 6.45) is 0. The van der Waals surface area contributed by atoms with Crippen molar-refractivity contribution in [3.8, 4) is 11.5 Å². The quantitative estimate of drug-likeness (QED) is 0.924. The molecule has 0 atom stereocenters. The van der Waals surface area contributed by atoms with Crippen LogP contribution in [-0.4, -0.2) is 0 Å². The summed E-state index contributed by atoms with van der Waals surface area (Å²) in [5.41, 5.74) is 7.17. The maximum absolute atomic E-state index is 13.4. The van der Waals surface area contributed by atoms with Crippen LogP contribution in [0, 0.1) is 12.7 Å². The number of hydrogen-bond acceptors (Lipinski definition) is 2. The molecule has 0 aliphatic carbocycles. The topological polar surface area (TPSA) is 35.2 Å². The maximum atomic E-state index is 13.4. The molecule has 2 aromatic rings. The number of rotatable bonds is 3. The van der Waals surface area contributed by atoms with E-state index in [0.29, 0.717) is 23.6 Å². The van der Waals surface area contributed by atoms with Gasteiger partial charge in [0, 0.05) is 17.1 Å². The van der Waals surface area contributed by atoms with Gasteiger partial charge in [0.1, 0.15) is 17.3 Å². The predicted molar refractivity (Wildman–Crippen MR) is 73.2 cm³/mol. The van der Waals surface area contributed by atoms with Gasteiger partial charge in [0.2, 0.25) is 0 Å². The zero-order valence-corrected chi connectivity index (χ0v) is 11.5. The van der Waals surface area contributed by atoms with Crippen molar-refractivity contribution in [3.05, 3.63) is 57.8 Å². The molecule has 0 saturated carbocycles. The van der Waals surface area contributed by atoms with Gasteiger partial charge in [0.05, 0.1) is 0 Å². The van der Waals surface area contributed by atoms with Crippen LogP contribution in [0.1, 0.15) is 11.1 Å². The molecule has 18 heavy (non-hydrogen) atoms. The molecule has 2 nitrogen and oxygen atoms in total. The molecular formula is C14H13BrFNO. The molecule has 2 aromatic carbocycles. The molecule has 94 valence electrons. The number of benzene rings is 2. The third-order valence-electron chi connectivity index (χ3n) is 2.62. The Labute approximate surface area is 114 Å². The number of hydrogen-bond donors (Lipinski definition) is 1. The molecule has 0 radical (unpaired) electrons. The van der Waals surface area contributed by atoms with Crippen molar-refractivity contribution in [2.75, 3.05) is 0 Å². The highest BCUT2D eigenvalue weighted by Crippen LogP contribution is 2.27. The van der Waals surface area contributed by atoms with E-state index in [9.17, 15) is 4.39 Å². The van der Waals surface area contributed by atoms with E-state index in [4.69, 9.17) is 10.5 Å². The molecule has 0 aliphatic heterocycles. The summed E-state index contributed by atoms with van der Waals surface area (Å²) in [5, 5.41) is 0. The van der Waals surface area contributed by atoms with E-state index >= 15 is 0 Å². The molecule has 0 aliphatic rings. The Kier molecular flexibility index (Phi) is 3.99. The first-order valence-corrected chi connectivity index (χ1v) is 6.32. The lowest BCUT2D eigenvalue weighted by Gasteiger charge is -2.08. The number of nitrogens with two attached hydrogens (primary N) is 1. The minimum atomic E-state index is -0.273. The van der Waals surface area contributed by atoms with E-state index in [1.165, 1.54) is 6.07 Å². The molecule has 0 spiro atoms. The minimum absolute atomic E-state index is 0.273. The number of aryl methyl sites for hydroxylation is 1. The van der Waals surface area contributed by atoms with Gasteiger partial charge in [-0.1, -0.05) is 28.1 Å². The summed E-state index contributed by atoms with van der Waals surface area (Å²) in [5.74, 6) is 0.845. The van der Waals surface area contributed by atoms with Crippen molar-refractivity contribution < 1.29 is 9.13 Å². The van der Waals surface area contributed by atoms with Crippen molar-refractivity contribution in [2.24, 2.45) is 5.73 Å². The first-order chi connectivity index (χ1) is 8.60. The van der Waals surface area contributed by atoms with E-state index in [2.05, 4.69) is 15.9 Å². The Morgan fingerprint density at radius 3 is 2.44 bits per heavy atom. The van der Waals surface area contributed by atoms with Crippen LogP contribution in [0.3, 0.4) is 0 Å². The summed E-state index contributed by atoms with van der Waals surface area (Å²) in [4.78, 5) is 0. The average molecular weight is 310 g/mol. The Hall–Kier alpha value is -1.39. The molecule has 4 heteroatoms. The fourth-order valence-corrected chi connectivity index (χ4v) is 2.05. The third kappa shape index (κ3) is 2.89. The largest absolute Gasteiger partial charge is 0.457 e. The van der Waals surface area contributed by atoms with Gasteiger partial charge in [-0.05, 0) is 36.2 Å². The molecule has 0 unspecified atom stereocenters. The molecular weight excluding hydrogens is 297 g/mol. The minimum Gasteiger partial charge on any atom is -0.457 e. The van der Waals surface area contributed by atoms with Crippen LogP contribution < -0.4 is 10.5 Å². The predicted octanol–water partition coefficient (Wildman–Crippen LogP) is 4.15. The zero-order valence-electron chi connectivity index (χ0n) is 9.91. The highest BCUT2D eigenvalue weighted by molar-refractivity contribution is 9.10. The van der Waals surface area contributed by atoms with Gasteiger partial charge in [-0.3, -0.25) is 0 Å². The lowest BCUT2D eigenvalue weighted by molar-refractivity contribution is 0.475. The van der Waals surface area contributed by atoms with Crippen molar-refractivity contribution in [1.82, 2.24) is 0 Å². The highest BCUT2D eigenvalue weighted by atomic mass is 79.9. The SMILES string of the molecule is Cc1ccc(Oc2ccc(CN)c(Br)c2)cc1F. The molecule has 2 rings (SSSR count). The Balaban J connectivity index is 2.23. The van der Waals surface area contributed by atoms with Gasteiger partial charge in [-0.25, -0.2) is 4.39 Å². The van der Waals surface area contributed by atoms with Gasteiger partial charge in [0.15, 0.2) is 0 Å². The van der Waals surface area contributed by atoms with Crippen LogP contribution in [0.25, 0.3) is 0 Å². The fraction of sp³-hybridized carbons (Fsp3) is 0.143. The van der Waals surface area contributed by atoms with Crippen molar-refractivity contribution in [2.45, 2.75) is 13.5 Å². The zero-order chi connectivity index (χ0) is 13.1. The van der Waals surface area contributed by atoms with E-state index in [1.54, 1.807) is 19.1 Å². The Morgan fingerprint density at radius 1 is 1.17 bits per heavy atom. The molecule has 0 saturated heterocycles. The van der Waals surface area contributed by atoms with Gasteiger partial charge < -0.3 is 10.5 Å². The lowest BCUT2D eigenvalue weighted by Crippen LogP contribution is -1.97. The number of halogens is 2. The molecule has 0 bridgehead atoms. The average Bonchev–Trinajstić information content (AvgIpc) is 2.34. The van der Waals surface area contributed by atoms with Crippen molar-refractivity contribution in [1.29, 1.82) is 0 Å². The van der Waals surface area contributed by atoms with E-state index in [-0.39, 0.29) is 5.82 Å². The summed E-state index contributed by atoms with van der Waals surface area (Å²) in [6, 6.07) is 10.3. The molecule has 0 fully saturated rings. The van der Waals surface area contributed by atoms with E-state index in [0.717, 1.165) is 10.0 Å². The van der Waals surface area contributed by atoms with Gasteiger partial charge in [-0.2, -0.15) is 0 Å². The normalized spacial score (nSPS) is 10.4. The van der Waals surface area contributed by atoms with E-state index < -0.39 is 0 Å². The molecule has 0 heterocycles. The first-order valence-electron chi connectivity index (χ1n) is 5.52. The Morgan fingerprint density at radius 2 is 1.83 bits per heavy atom. The molecule has 2 N–H and O–H groups in total. The smallest absolute Gasteiger partial charge is 0.130 e.